The van der Waals surface area contributed by atoms with Crippen molar-refractivity contribution < 1.29 is 19.3 Å². The molecule has 1 saturated carbocycles. The lowest BCUT2D eigenvalue weighted by molar-refractivity contribution is 0.137. The van der Waals surface area contributed by atoms with Crippen LogP contribution in [-0.4, -0.2) is 50.2 Å². The third kappa shape index (κ3) is 7.28. The smallest absolute Gasteiger partial charge is 0.119 e. The third-order valence-electron chi connectivity index (χ3n) is 7.73. The normalized spacial score (nSPS) is 26.3. The molecule has 2 heterocycles. The largest absolute Gasteiger partial charge is 0.491 e. The molecule has 2 aromatic carbocycles. The van der Waals surface area contributed by atoms with Crippen LogP contribution < -0.4 is 16.2 Å². The van der Waals surface area contributed by atoms with Crippen molar-refractivity contribution in [2.75, 3.05) is 32.9 Å². The van der Waals surface area contributed by atoms with Crippen LogP contribution in [0, 0.1) is 11.8 Å². The van der Waals surface area contributed by atoms with E-state index in [-0.39, 0.29) is 17.6 Å². The summed E-state index contributed by atoms with van der Waals surface area (Å²) in [6.07, 6.45) is 4.93. The Morgan fingerprint density at radius 1 is 0.857 bits per heavy atom. The van der Waals surface area contributed by atoms with Crippen LogP contribution in [0.5, 0.6) is 5.75 Å². The summed E-state index contributed by atoms with van der Waals surface area (Å²) in [6, 6.07) is 16.4. The molecule has 3 aliphatic rings. The zero-order chi connectivity index (χ0) is 24.8. The molecule has 0 amide bonds. The number of benzene rings is 2. The van der Waals surface area contributed by atoms with Gasteiger partial charge >= 0.3 is 0 Å². The van der Waals surface area contributed by atoms with Crippen LogP contribution in [-0.2, 0) is 14.9 Å². The third-order valence-corrected chi connectivity index (χ3v) is 7.73. The summed E-state index contributed by atoms with van der Waals surface area (Å²) in [5, 5.41) is 10.1. The Labute approximate surface area is 209 Å². The van der Waals surface area contributed by atoms with Gasteiger partial charge in [-0.2, -0.15) is 0 Å². The van der Waals surface area contributed by atoms with Crippen molar-refractivity contribution in [3.63, 3.8) is 0 Å². The van der Waals surface area contributed by atoms with Gasteiger partial charge in [-0.1, -0.05) is 50.2 Å². The molecule has 1 aliphatic carbocycles. The van der Waals surface area contributed by atoms with E-state index in [0.29, 0.717) is 13.2 Å². The first-order valence-corrected chi connectivity index (χ1v) is 13.1. The van der Waals surface area contributed by atoms with E-state index in [1.807, 2.05) is 24.3 Å². The van der Waals surface area contributed by atoms with E-state index < -0.39 is 6.10 Å². The van der Waals surface area contributed by atoms with Crippen LogP contribution in [0.3, 0.4) is 0 Å². The molecular weight excluding hydrogens is 440 g/mol. The second kappa shape index (κ2) is 11.8. The van der Waals surface area contributed by atoms with Gasteiger partial charge < -0.3 is 30.8 Å². The van der Waals surface area contributed by atoms with Gasteiger partial charge in [0.1, 0.15) is 30.7 Å². The molecule has 2 aromatic rings. The topological polar surface area (TPSA) is 107 Å². The Hall–Kier alpha value is -1.96. The first kappa shape index (κ1) is 26.1. The number of hydrogen-bond donors (Lipinski definition) is 3. The molecule has 0 radical (unpaired) electrons. The predicted molar refractivity (Wildman–Crippen MR) is 139 cm³/mol. The van der Waals surface area contributed by atoms with Crippen LogP contribution in [0.4, 0.5) is 0 Å². The van der Waals surface area contributed by atoms with Gasteiger partial charge in [-0.05, 0) is 79.4 Å². The quantitative estimate of drug-likeness (QED) is 0.468. The SMILES string of the molecule is CC(C)(c1ccc(OCC2CO2)cc1)c1ccc(C(O)C2CO2)cc1.NCC1CCC(CN)CC1. The molecule has 3 atom stereocenters. The minimum atomic E-state index is -0.524. The summed E-state index contributed by atoms with van der Waals surface area (Å²) in [6.45, 7) is 8.23. The average molecular weight is 483 g/mol. The van der Waals surface area contributed by atoms with Gasteiger partial charge in [0.15, 0.2) is 0 Å². The number of rotatable bonds is 9. The minimum absolute atomic E-state index is 0.0348. The molecule has 3 fully saturated rings. The van der Waals surface area contributed by atoms with Gasteiger partial charge in [-0.15, -0.1) is 0 Å². The van der Waals surface area contributed by atoms with Gasteiger partial charge in [-0.3, -0.25) is 0 Å². The Kier molecular flexibility index (Phi) is 8.84. The molecule has 0 bridgehead atoms. The van der Waals surface area contributed by atoms with Crippen molar-refractivity contribution in [3.8, 4) is 5.75 Å². The summed E-state index contributed by atoms with van der Waals surface area (Å²) in [4.78, 5) is 0. The van der Waals surface area contributed by atoms with Gasteiger partial charge in [0.05, 0.1) is 13.2 Å². The van der Waals surface area contributed by atoms with Crippen molar-refractivity contribution >= 4 is 0 Å². The molecule has 6 heteroatoms. The van der Waals surface area contributed by atoms with Gasteiger partial charge in [0.25, 0.3) is 0 Å². The number of ether oxygens (including phenoxy) is 3. The second-order valence-electron chi connectivity index (χ2n) is 10.7. The van der Waals surface area contributed by atoms with Crippen LogP contribution in [0.25, 0.3) is 0 Å². The fourth-order valence-electron chi connectivity index (χ4n) is 4.74. The van der Waals surface area contributed by atoms with E-state index in [9.17, 15) is 5.11 Å². The van der Waals surface area contributed by atoms with E-state index in [4.69, 9.17) is 25.7 Å². The maximum absolute atomic E-state index is 10.1. The van der Waals surface area contributed by atoms with Crippen molar-refractivity contribution in [2.24, 2.45) is 23.3 Å². The van der Waals surface area contributed by atoms with Crippen molar-refractivity contribution in [1.29, 1.82) is 0 Å². The lowest BCUT2D eigenvalue weighted by Gasteiger charge is -2.27. The van der Waals surface area contributed by atoms with Gasteiger partial charge in [0, 0.05) is 5.41 Å². The van der Waals surface area contributed by atoms with E-state index >= 15 is 0 Å². The molecule has 35 heavy (non-hydrogen) atoms. The van der Waals surface area contributed by atoms with E-state index in [0.717, 1.165) is 42.8 Å². The number of nitrogens with two attached hydrogens (primary N) is 2. The summed E-state index contributed by atoms with van der Waals surface area (Å²) < 4.78 is 16.0. The molecule has 192 valence electrons. The predicted octanol–water partition coefficient (Wildman–Crippen LogP) is 3.93. The molecule has 0 spiro atoms. The van der Waals surface area contributed by atoms with Crippen molar-refractivity contribution in [1.82, 2.24) is 0 Å². The fourth-order valence-corrected chi connectivity index (χ4v) is 4.74. The molecule has 0 aromatic heterocycles. The number of aliphatic hydroxyl groups is 1. The van der Waals surface area contributed by atoms with Crippen molar-refractivity contribution in [2.45, 2.75) is 63.3 Å². The summed E-state index contributed by atoms with van der Waals surface area (Å²) in [5.74, 6) is 2.46. The highest BCUT2D eigenvalue weighted by molar-refractivity contribution is 5.41. The number of aliphatic hydroxyl groups excluding tert-OH is 1. The molecule has 2 saturated heterocycles. The Morgan fingerprint density at radius 2 is 1.34 bits per heavy atom. The zero-order valence-electron chi connectivity index (χ0n) is 21.2. The molecule has 3 unspecified atom stereocenters. The highest BCUT2D eigenvalue weighted by Gasteiger charge is 2.32. The Balaban J connectivity index is 0.000000243. The standard InChI is InChI=1S/C21H24O4.C8H18N2/c1-21(2,15-5-3-14(4-6-15)20(22)19-13-25-19)16-7-9-17(10-8-16)23-11-18-12-24-18;9-5-7-1-2-8(6-10)4-3-7/h3-10,18-20,22H,11-13H2,1-2H3;7-8H,1-6,9-10H2. The molecule has 5 N–H and O–H groups in total. The highest BCUT2D eigenvalue weighted by atomic mass is 16.6. The molecule has 6 nitrogen and oxygen atoms in total. The van der Waals surface area contributed by atoms with Crippen LogP contribution >= 0.6 is 0 Å². The lowest BCUT2D eigenvalue weighted by atomic mass is 9.78. The zero-order valence-corrected chi connectivity index (χ0v) is 21.2. The van der Waals surface area contributed by atoms with E-state index in [1.54, 1.807) is 0 Å². The minimum Gasteiger partial charge on any atom is -0.491 e. The summed E-state index contributed by atoms with van der Waals surface area (Å²) in [5.41, 5.74) is 14.3. The van der Waals surface area contributed by atoms with Crippen LogP contribution in [0.1, 0.15) is 62.3 Å². The first-order chi connectivity index (χ1) is 16.9. The molecular formula is C29H42N2O4. The maximum atomic E-state index is 10.1. The van der Waals surface area contributed by atoms with E-state index in [2.05, 4.69) is 38.1 Å². The highest BCUT2D eigenvalue weighted by Crippen LogP contribution is 2.34. The average Bonchev–Trinajstić information content (AvgIpc) is 3.82. The molecule has 5 rings (SSSR count). The fraction of sp³-hybridized carbons (Fsp3) is 0.586. The van der Waals surface area contributed by atoms with Gasteiger partial charge in [0.2, 0.25) is 0 Å². The van der Waals surface area contributed by atoms with Crippen molar-refractivity contribution in [3.05, 3.63) is 65.2 Å². The summed E-state index contributed by atoms with van der Waals surface area (Å²) in [7, 11) is 0. The monoisotopic (exact) mass is 482 g/mol. The number of epoxide rings is 2. The Bertz CT molecular complexity index is 887. The van der Waals surface area contributed by atoms with E-state index in [1.165, 1.54) is 36.8 Å². The summed E-state index contributed by atoms with van der Waals surface area (Å²) >= 11 is 0. The Morgan fingerprint density at radius 3 is 1.77 bits per heavy atom. The second-order valence-corrected chi connectivity index (χ2v) is 10.7. The lowest BCUT2D eigenvalue weighted by Crippen LogP contribution is -2.25. The number of hydrogen-bond acceptors (Lipinski definition) is 6. The van der Waals surface area contributed by atoms with Crippen LogP contribution in [0.2, 0.25) is 0 Å². The van der Waals surface area contributed by atoms with Crippen LogP contribution in [0.15, 0.2) is 48.5 Å². The molecule has 2 aliphatic heterocycles. The van der Waals surface area contributed by atoms with Gasteiger partial charge in [-0.25, -0.2) is 0 Å². The first-order valence-electron chi connectivity index (χ1n) is 13.1. The maximum Gasteiger partial charge on any atom is 0.119 e.